The van der Waals surface area contributed by atoms with Gasteiger partial charge in [-0.15, -0.1) is 0 Å². The second-order valence-electron chi connectivity index (χ2n) is 4.23. The molecule has 2 rings (SSSR count). The van der Waals surface area contributed by atoms with Gasteiger partial charge in [-0.3, -0.25) is 0 Å². The maximum absolute atomic E-state index is 13.0. The molecule has 0 aliphatic carbocycles. The van der Waals surface area contributed by atoms with Gasteiger partial charge in [-0.05, 0) is 18.5 Å². The molecule has 1 aliphatic heterocycles. The van der Waals surface area contributed by atoms with Gasteiger partial charge >= 0.3 is 6.30 Å². The highest BCUT2D eigenvalue weighted by Crippen LogP contribution is 2.28. The predicted molar refractivity (Wildman–Crippen MR) is 59.3 cm³/mol. The fourth-order valence-electron chi connectivity index (χ4n) is 2.11. The average Bonchev–Trinajstić information content (AvgIpc) is 2.79. The van der Waals surface area contributed by atoms with E-state index in [2.05, 4.69) is 5.32 Å². The van der Waals surface area contributed by atoms with Crippen LogP contribution in [0.3, 0.4) is 0 Å². The van der Waals surface area contributed by atoms with Crippen LogP contribution in [0.4, 0.5) is 13.2 Å². The summed E-state index contributed by atoms with van der Waals surface area (Å²) in [5.41, 5.74) is 0.691. The van der Waals surface area contributed by atoms with E-state index in [0.29, 0.717) is 30.0 Å². The van der Waals surface area contributed by atoms with Crippen LogP contribution < -0.4 is 5.32 Å². The molecule has 2 nitrogen and oxygen atoms in total. The predicted octanol–water partition coefficient (Wildman–Crippen LogP) is 2.37. The third-order valence-corrected chi connectivity index (χ3v) is 3.00. The van der Waals surface area contributed by atoms with E-state index >= 15 is 0 Å². The van der Waals surface area contributed by atoms with Crippen LogP contribution in [0.1, 0.15) is 12.0 Å². The molecule has 0 aromatic heterocycles. The summed E-state index contributed by atoms with van der Waals surface area (Å²) in [6.45, 7) is 0.995. The van der Waals surface area contributed by atoms with Crippen LogP contribution in [0.15, 0.2) is 30.3 Å². The molecular formula is C12H15F3N2. The van der Waals surface area contributed by atoms with Crippen molar-refractivity contribution in [1.82, 2.24) is 10.2 Å². The summed E-state index contributed by atoms with van der Waals surface area (Å²) in [5, 5.41) is 2.97. The fourth-order valence-corrected chi connectivity index (χ4v) is 2.11. The summed E-state index contributed by atoms with van der Waals surface area (Å²) in [6.07, 6.45) is -3.72. The first-order valence-corrected chi connectivity index (χ1v) is 5.65. The number of hydrogen-bond acceptors (Lipinski definition) is 2. The largest absolute Gasteiger partial charge is 0.460 e. The molecule has 1 aliphatic rings. The topological polar surface area (TPSA) is 15.3 Å². The molecule has 0 unspecified atom stereocenters. The molecule has 1 heterocycles. The Bertz CT molecular complexity index is 345. The van der Waals surface area contributed by atoms with Crippen LogP contribution in [-0.2, 0) is 6.54 Å². The normalized spacial score (nSPS) is 21.1. The molecule has 1 atom stereocenters. The number of nitrogens with one attached hydrogen (secondary N) is 1. The second kappa shape index (κ2) is 5.06. The molecule has 17 heavy (non-hydrogen) atoms. The first kappa shape index (κ1) is 12.4. The van der Waals surface area contributed by atoms with Gasteiger partial charge in [0.15, 0.2) is 0 Å². The minimum atomic E-state index is -4.27. The van der Waals surface area contributed by atoms with Gasteiger partial charge in [0.05, 0.1) is 0 Å². The Morgan fingerprint density at radius 2 is 1.94 bits per heavy atom. The summed E-state index contributed by atoms with van der Waals surface area (Å²) < 4.78 is 38.9. The number of hydrogen-bond donors (Lipinski definition) is 1. The number of rotatable bonds is 3. The van der Waals surface area contributed by atoms with Gasteiger partial charge in [0, 0.05) is 19.1 Å². The summed E-state index contributed by atoms with van der Waals surface area (Å²) in [6, 6.07) is 8.32. The van der Waals surface area contributed by atoms with Gasteiger partial charge in [-0.25, -0.2) is 4.90 Å². The van der Waals surface area contributed by atoms with Crippen molar-refractivity contribution >= 4 is 0 Å². The van der Waals surface area contributed by atoms with Gasteiger partial charge in [0.1, 0.15) is 0 Å². The zero-order chi connectivity index (χ0) is 12.3. The van der Waals surface area contributed by atoms with Crippen LogP contribution in [-0.4, -0.2) is 30.3 Å². The molecular weight excluding hydrogens is 229 g/mol. The second-order valence-corrected chi connectivity index (χ2v) is 4.23. The minimum absolute atomic E-state index is 0.0727. The van der Waals surface area contributed by atoms with Crippen molar-refractivity contribution in [2.45, 2.75) is 25.3 Å². The van der Waals surface area contributed by atoms with Crippen molar-refractivity contribution in [1.29, 1.82) is 0 Å². The summed E-state index contributed by atoms with van der Waals surface area (Å²) in [7, 11) is 0. The first-order valence-electron chi connectivity index (χ1n) is 5.65. The van der Waals surface area contributed by atoms with E-state index < -0.39 is 12.3 Å². The van der Waals surface area contributed by atoms with Crippen molar-refractivity contribution in [3.63, 3.8) is 0 Å². The molecule has 0 spiro atoms. The molecule has 94 valence electrons. The number of alkyl halides is 3. The van der Waals surface area contributed by atoms with Crippen molar-refractivity contribution in [2.24, 2.45) is 0 Å². The molecule has 1 saturated heterocycles. The van der Waals surface area contributed by atoms with Gasteiger partial charge in [-0.2, -0.15) is 13.2 Å². The highest BCUT2D eigenvalue weighted by Gasteiger charge is 2.42. The van der Waals surface area contributed by atoms with Crippen molar-refractivity contribution in [3.8, 4) is 0 Å². The average molecular weight is 244 g/mol. The van der Waals surface area contributed by atoms with Crippen LogP contribution in [0, 0.1) is 0 Å². The lowest BCUT2D eigenvalue weighted by Gasteiger charge is -2.30. The number of benzene rings is 1. The van der Waals surface area contributed by atoms with E-state index in [1.54, 1.807) is 30.3 Å². The van der Waals surface area contributed by atoms with Crippen LogP contribution in [0.5, 0.6) is 0 Å². The van der Waals surface area contributed by atoms with Crippen molar-refractivity contribution in [2.75, 3.05) is 13.1 Å². The Morgan fingerprint density at radius 3 is 2.47 bits per heavy atom. The molecule has 0 bridgehead atoms. The number of halogens is 3. The Hall–Kier alpha value is -1.07. The minimum Gasteiger partial charge on any atom is -0.315 e. The van der Waals surface area contributed by atoms with E-state index in [1.807, 2.05) is 0 Å². The standard InChI is InChI=1S/C12H15F3N2/c13-12(14,15)17(11-6-7-16-8-11)9-10-4-2-1-3-5-10/h1-5,11,16H,6-9H2/t11-/m1/s1. The Morgan fingerprint density at radius 1 is 1.24 bits per heavy atom. The third kappa shape index (κ3) is 3.20. The van der Waals surface area contributed by atoms with Gasteiger partial charge in [0.25, 0.3) is 0 Å². The number of nitrogens with zero attached hydrogens (tertiary/aromatic N) is 1. The Balaban J connectivity index is 2.11. The summed E-state index contributed by atoms with van der Waals surface area (Å²) in [5.74, 6) is 0. The zero-order valence-electron chi connectivity index (χ0n) is 9.37. The van der Waals surface area contributed by atoms with E-state index in [4.69, 9.17) is 0 Å². The van der Waals surface area contributed by atoms with E-state index in [-0.39, 0.29) is 6.54 Å². The van der Waals surface area contributed by atoms with E-state index in [9.17, 15) is 13.2 Å². The Labute approximate surface area is 98.4 Å². The molecule has 1 fully saturated rings. The lowest BCUT2D eigenvalue weighted by atomic mass is 10.1. The quantitative estimate of drug-likeness (QED) is 0.821. The van der Waals surface area contributed by atoms with Gasteiger partial charge in [0.2, 0.25) is 0 Å². The van der Waals surface area contributed by atoms with Crippen LogP contribution in [0.25, 0.3) is 0 Å². The monoisotopic (exact) mass is 244 g/mol. The van der Waals surface area contributed by atoms with Gasteiger partial charge < -0.3 is 5.32 Å². The third-order valence-electron chi connectivity index (χ3n) is 3.00. The molecule has 0 amide bonds. The lowest BCUT2D eigenvalue weighted by Crippen LogP contribution is -2.46. The fraction of sp³-hybridized carbons (Fsp3) is 0.500. The highest BCUT2D eigenvalue weighted by molar-refractivity contribution is 5.14. The maximum atomic E-state index is 13.0. The van der Waals surface area contributed by atoms with Crippen molar-refractivity contribution in [3.05, 3.63) is 35.9 Å². The summed E-state index contributed by atoms with van der Waals surface area (Å²) >= 11 is 0. The Kier molecular flexibility index (Phi) is 3.69. The van der Waals surface area contributed by atoms with E-state index in [0.717, 1.165) is 0 Å². The first-order chi connectivity index (χ1) is 8.07. The molecule has 1 N–H and O–H groups in total. The smallest absolute Gasteiger partial charge is 0.315 e. The zero-order valence-corrected chi connectivity index (χ0v) is 9.37. The highest BCUT2D eigenvalue weighted by atomic mass is 19.4. The molecule has 1 aromatic carbocycles. The van der Waals surface area contributed by atoms with Crippen molar-refractivity contribution < 1.29 is 13.2 Å². The molecule has 1 aromatic rings. The SMILES string of the molecule is FC(F)(F)N(Cc1ccccc1)[C@@H]1CCNC1. The van der Waals surface area contributed by atoms with Crippen LogP contribution >= 0.6 is 0 Å². The van der Waals surface area contributed by atoms with Gasteiger partial charge in [-0.1, -0.05) is 30.3 Å². The molecule has 0 radical (unpaired) electrons. The molecule has 5 heteroatoms. The summed E-state index contributed by atoms with van der Waals surface area (Å²) in [4.78, 5) is 0.627. The lowest BCUT2D eigenvalue weighted by molar-refractivity contribution is -0.260. The van der Waals surface area contributed by atoms with Crippen LogP contribution in [0.2, 0.25) is 0 Å². The maximum Gasteiger partial charge on any atom is 0.460 e. The van der Waals surface area contributed by atoms with E-state index in [1.165, 1.54) is 0 Å². The molecule has 0 saturated carbocycles.